The van der Waals surface area contributed by atoms with Crippen molar-refractivity contribution in [2.24, 2.45) is 0 Å². The maximum atomic E-state index is 13.2. The molecule has 2 aromatic carbocycles. The molecule has 10 heteroatoms. The van der Waals surface area contributed by atoms with E-state index in [4.69, 9.17) is 0 Å². The summed E-state index contributed by atoms with van der Waals surface area (Å²) in [7, 11) is -2.90. The summed E-state index contributed by atoms with van der Waals surface area (Å²) in [6.45, 7) is 5.34. The molecule has 2 N–H and O–H groups in total. The fourth-order valence-corrected chi connectivity index (χ4v) is 7.98. The first-order chi connectivity index (χ1) is 15.7. The van der Waals surface area contributed by atoms with Gasteiger partial charge in [-0.25, -0.2) is 16.8 Å². The van der Waals surface area contributed by atoms with Crippen LogP contribution in [0.3, 0.4) is 0 Å². The van der Waals surface area contributed by atoms with Gasteiger partial charge in [-0.3, -0.25) is 0 Å². The predicted molar refractivity (Wildman–Crippen MR) is 125 cm³/mol. The van der Waals surface area contributed by atoms with Crippen molar-refractivity contribution in [2.45, 2.75) is 16.2 Å². The molecule has 0 atom stereocenters. The van der Waals surface area contributed by atoms with Crippen LogP contribution in [0.1, 0.15) is 11.1 Å². The van der Waals surface area contributed by atoms with Gasteiger partial charge >= 0.3 is 0 Å². The molecule has 1 aliphatic carbocycles. The van der Waals surface area contributed by atoms with Crippen molar-refractivity contribution in [3.8, 4) is 11.1 Å². The summed E-state index contributed by atoms with van der Waals surface area (Å²) in [6, 6.07) is 10.7. The van der Waals surface area contributed by atoms with Crippen LogP contribution in [-0.4, -0.2) is 91.9 Å². The molecule has 33 heavy (non-hydrogen) atoms. The Morgan fingerprint density at radius 1 is 0.636 bits per heavy atom. The Hall–Kier alpha value is -1.82. The maximum absolute atomic E-state index is 13.2. The number of fused-ring (bicyclic) bond motifs is 3. The van der Waals surface area contributed by atoms with Crippen LogP contribution in [0.5, 0.6) is 0 Å². The summed E-state index contributed by atoms with van der Waals surface area (Å²) >= 11 is 0. The molecular weight excluding hydrogens is 460 g/mol. The second-order valence-electron chi connectivity index (χ2n) is 9.54. The van der Waals surface area contributed by atoms with E-state index >= 15 is 0 Å². The third-order valence-electron chi connectivity index (χ3n) is 7.25. The maximum Gasteiger partial charge on any atom is 0.243 e. The van der Waals surface area contributed by atoms with Crippen molar-refractivity contribution in [3.05, 3.63) is 47.5 Å². The number of hydrogen-bond acceptors (Lipinski definition) is 4. The average molecular weight is 493 g/mol. The SMILES string of the molecule is C[NH+]1CCN(S(=O)(=O)c2ccc3c(c2)Cc2cc(S(=O)(=O)N4CC[NH+](C)CC4)ccc2-3)CC1. The molecule has 2 aromatic rings. The minimum Gasteiger partial charge on any atom is -0.335 e. The van der Waals surface area contributed by atoms with E-state index < -0.39 is 20.0 Å². The molecule has 0 spiro atoms. The number of rotatable bonds is 4. The molecule has 0 aromatic heterocycles. The number of quaternary nitrogens is 2. The quantitative estimate of drug-likeness (QED) is 0.455. The van der Waals surface area contributed by atoms with Crippen LogP contribution in [0, 0.1) is 0 Å². The van der Waals surface area contributed by atoms with Crippen molar-refractivity contribution in [1.29, 1.82) is 0 Å². The molecule has 0 saturated carbocycles. The van der Waals surface area contributed by atoms with Crippen molar-refractivity contribution in [2.75, 3.05) is 66.5 Å². The third-order valence-corrected chi connectivity index (χ3v) is 11.0. The van der Waals surface area contributed by atoms with Crippen LogP contribution in [0.25, 0.3) is 11.1 Å². The highest BCUT2D eigenvalue weighted by molar-refractivity contribution is 7.89. The van der Waals surface area contributed by atoms with Gasteiger partial charge in [-0.15, -0.1) is 0 Å². The summed E-state index contributed by atoms with van der Waals surface area (Å²) in [4.78, 5) is 3.33. The minimum atomic E-state index is -3.53. The van der Waals surface area contributed by atoms with E-state index in [9.17, 15) is 16.8 Å². The van der Waals surface area contributed by atoms with Gasteiger partial charge in [0.15, 0.2) is 0 Å². The number of nitrogens with zero attached hydrogens (tertiary/aromatic N) is 2. The van der Waals surface area contributed by atoms with Crippen molar-refractivity contribution in [3.63, 3.8) is 0 Å². The zero-order chi connectivity index (χ0) is 23.4. The van der Waals surface area contributed by atoms with Gasteiger partial charge in [0.05, 0.1) is 76.2 Å². The van der Waals surface area contributed by atoms with Crippen molar-refractivity contribution in [1.82, 2.24) is 8.61 Å². The Labute approximate surface area is 196 Å². The zero-order valence-corrected chi connectivity index (χ0v) is 20.8. The van der Waals surface area contributed by atoms with Crippen LogP contribution in [-0.2, 0) is 26.5 Å². The minimum absolute atomic E-state index is 0.321. The van der Waals surface area contributed by atoms with Crippen LogP contribution in [0.15, 0.2) is 46.2 Å². The Bertz CT molecular complexity index is 1180. The number of likely N-dealkylation sites (N-methyl/N-ethyl adjacent to an activating group) is 2. The van der Waals surface area contributed by atoms with Gasteiger partial charge in [-0.1, -0.05) is 12.1 Å². The van der Waals surface area contributed by atoms with Crippen LogP contribution >= 0.6 is 0 Å². The normalized spacial score (nSPS) is 21.2. The summed E-state index contributed by atoms with van der Waals surface area (Å²) in [5, 5.41) is 0. The van der Waals surface area contributed by atoms with E-state index in [1.54, 1.807) is 32.9 Å². The first kappa shape index (κ1) is 22.9. The highest BCUT2D eigenvalue weighted by atomic mass is 32.2. The first-order valence-corrected chi connectivity index (χ1v) is 14.4. The van der Waals surface area contributed by atoms with Crippen LogP contribution in [0.2, 0.25) is 0 Å². The standard InChI is InChI=1S/C23H30N4O4S2/c1-24-7-11-26(12-8-24)32(28,29)20-3-5-22-18(16-20)15-19-17-21(4-6-23(19)22)33(30,31)27-13-9-25(2)10-14-27/h3-6,16-17H,7-15H2,1-2H3/p+2. The third kappa shape index (κ3) is 4.13. The summed E-state index contributed by atoms with van der Waals surface area (Å²) in [5.74, 6) is 0. The zero-order valence-electron chi connectivity index (χ0n) is 19.2. The average Bonchev–Trinajstić information content (AvgIpc) is 3.17. The second-order valence-corrected chi connectivity index (χ2v) is 13.4. The fourth-order valence-electron chi connectivity index (χ4n) is 5.00. The largest absolute Gasteiger partial charge is 0.335 e. The van der Waals surface area contributed by atoms with Gasteiger partial charge < -0.3 is 9.80 Å². The lowest BCUT2D eigenvalue weighted by atomic mass is 10.1. The lowest BCUT2D eigenvalue weighted by Crippen LogP contribution is -3.12. The van der Waals surface area contributed by atoms with Crippen molar-refractivity contribution < 1.29 is 26.6 Å². The Balaban J connectivity index is 1.40. The first-order valence-electron chi connectivity index (χ1n) is 11.6. The van der Waals surface area contributed by atoms with Crippen molar-refractivity contribution >= 4 is 20.0 Å². The number of sulfonamides is 2. The molecule has 3 aliphatic rings. The fraction of sp³-hybridized carbons (Fsp3) is 0.478. The van der Waals surface area contributed by atoms with Gasteiger partial charge in [0.2, 0.25) is 20.0 Å². The molecule has 8 nitrogen and oxygen atoms in total. The number of nitrogens with one attached hydrogen (secondary N) is 2. The molecule has 0 amide bonds. The Morgan fingerprint density at radius 3 is 1.36 bits per heavy atom. The van der Waals surface area contributed by atoms with Gasteiger partial charge in [-0.05, 0) is 52.9 Å². The lowest BCUT2D eigenvalue weighted by molar-refractivity contribution is -0.883. The van der Waals surface area contributed by atoms with Gasteiger partial charge in [-0.2, -0.15) is 8.61 Å². The highest BCUT2D eigenvalue weighted by Gasteiger charge is 2.32. The molecule has 5 rings (SSSR count). The molecular formula is C23H32N4O4S2+2. The molecule has 2 aliphatic heterocycles. The topological polar surface area (TPSA) is 83.6 Å². The monoisotopic (exact) mass is 492 g/mol. The second kappa shape index (κ2) is 8.44. The number of piperazine rings is 2. The predicted octanol–water partition coefficient (Wildman–Crippen LogP) is -1.70. The van der Waals surface area contributed by atoms with E-state index in [1.807, 2.05) is 12.1 Å². The molecule has 0 bridgehead atoms. The molecule has 0 unspecified atom stereocenters. The summed E-state index contributed by atoms with van der Waals surface area (Å²) in [6.07, 6.45) is 0.539. The smallest absolute Gasteiger partial charge is 0.243 e. The molecule has 2 saturated heterocycles. The van der Waals surface area contributed by atoms with E-state index in [0.29, 0.717) is 42.4 Å². The number of hydrogen-bond donors (Lipinski definition) is 2. The lowest BCUT2D eigenvalue weighted by Gasteiger charge is -2.29. The Kier molecular flexibility index (Phi) is 5.87. The van der Waals surface area contributed by atoms with E-state index in [-0.39, 0.29) is 0 Å². The van der Waals surface area contributed by atoms with E-state index in [1.165, 1.54) is 9.80 Å². The summed E-state index contributed by atoms with van der Waals surface area (Å²) in [5.41, 5.74) is 3.84. The molecule has 0 radical (unpaired) electrons. The van der Waals surface area contributed by atoms with Crippen LogP contribution in [0.4, 0.5) is 0 Å². The van der Waals surface area contributed by atoms with Gasteiger partial charge in [0.1, 0.15) is 0 Å². The van der Waals surface area contributed by atoms with E-state index in [0.717, 1.165) is 48.4 Å². The van der Waals surface area contributed by atoms with Gasteiger partial charge in [0.25, 0.3) is 0 Å². The van der Waals surface area contributed by atoms with Crippen LogP contribution < -0.4 is 9.80 Å². The van der Waals surface area contributed by atoms with E-state index in [2.05, 4.69) is 14.1 Å². The van der Waals surface area contributed by atoms with Gasteiger partial charge in [0, 0.05) is 0 Å². The highest BCUT2D eigenvalue weighted by Crippen LogP contribution is 2.39. The molecule has 178 valence electrons. The molecule has 2 fully saturated rings. The molecule has 2 heterocycles. The summed E-state index contributed by atoms with van der Waals surface area (Å²) < 4.78 is 55.9. The number of benzene rings is 2. The Morgan fingerprint density at radius 2 is 1.00 bits per heavy atom.